The minimum absolute atomic E-state index is 0.306. The second-order valence-corrected chi connectivity index (χ2v) is 3.31. The molecule has 1 nitrogen and oxygen atoms in total. The Bertz CT molecular complexity index is 228. The molecule has 0 heterocycles. The summed E-state index contributed by atoms with van der Waals surface area (Å²) in [5.41, 5.74) is 0. The highest BCUT2D eigenvalue weighted by molar-refractivity contribution is 6.30. The van der Waals surface area contributed by atoms with Gasteiger partial charge in [0.15, 0.2) is 0 Å². The molecule has 12 heavy (non-hydrogen) atoms. The van der Waals surface area contributed by atoms with Gasteiger partial charge in [0.1, 0.15) is 5.75 Å². The number of benzene rings is 1. The third kappa shape index (κ3) is 3.14. The van der Waals surface area contributed by atoms with Gasteiger partial charge in [-0.3, -0.25) is 0 Å². The molecule has 0 amide bonds. The zero-order valence-corrected chi connectivity index (χ0v) is 7.84. The van der Waals surface area contributed by atoms with Gasteiger partial charge in [-0.1, -0.05) is 18.5 Å². The number of rotatable bonds is 3. The van der Waals surface area contributed by atoms with E-state index in [4.69, 9.17) is 16.3 Å². The van der Waals surface area contributed by atoms with Crippen LogP contribution in [0.2, 0.25) is 5.02 Å². The van der Waals surface area contributed by atoms with E-state index >= 15 is 0 Å². The van der Waals surface area contributed by atoms with Crippen molar-refractivity contribution in [2.45, 2.75) is 6.92 Å². The maximum atomic E-state index is 5.71. The lowest BCUT2D eigenvalue weighted by Crippen LogP contribution is -2.04. The van der Waals surface area contributed by atoms with Crippen LogP contribution in [0.1, 0.15) is 6.92 Å². The molecule has 1 radical (unpaired) electrons. The maximum Gasteiger partial charge on any atom is 0.119 e. The molecule has 0 N–H and O–H groups in total. The summed E-state index contributed by atoms with van der Waals surface area (Å²) in [6.07, 6.45) is 0. The van der Waals surface area contributed by atoms with E-state index < -0.39 is 0 Å². The lowest BCUT2D eigenvalue weighted by atomic mass is 10.2. The van der Waals surface area contributed by atoms with Crippen LogP contribution in [0, 0.1) is 12.8 Å². The van der Waals surface area contributed by atoms with E-state index in [1.807, 2.05) is 31.2 Å². The van der Waals surface area contributed by atoms with Crippen LogP contribution in [-0.4, -0.2) is 6.61 Å². The Hall–Kier alpha value is -0.690. The Morgan fingerprint density at radius 3 is 2.50 bits per heavy atom. The highest BCUT2D eigenvalue weighted by atomic mass is 35.5. The quantitative estimate of drug-likeness (QED) is 0.700. The summed E-state index contributed by atoms with van der Waals surface area (Å²) in [4.78, 5) is 0. The van der Waals surface area contributed by atoms with Crippen LogP contribution in [0.5, 0.6) is 5.75 Å². The zero-order chi connectivity index (χ0) is 8.97. The standard InChI is InChI=1S/C10H12ClO/c1-8(2)7-12-10-5-3-9(11)4-6-10/h3-6,8H,1,7H2,2H3. The van der Waals surface area contributed by atoms with Crippen LogP contribution in [-0.2, 0) is 0 Å². The van der Waals surface area contributed by atoms with Crippen molar-refractivity contribution >= 4 is 11.6 Å². The van der Waals surface area contributed by atoms with Gasteiger partial charge in [0, 0.05) is 5.02 Å². The van der Waals surface area contributed by atoms with Gasteiger partial charge < -0.3 is 4.74 Å². The minimum atomic E-state index is 0.306. The van der Waals surface area contributed by atoms with Crippen molar-refractivity contribution < 1.29 is 4.74 Å². The fourth-order valence-electron chi connectivity index (χ4n) is 0.769. The summed E-state index contributed by atoms with van der Waals surface area (Å²) in [5, 5.41) is 0.727. The molecule has 65 valence electrons. The molecule has 1 aromatic carbocycles. The Morgan fingerprint density at radius 1 is 1.42 bits per heavy atom. The molecule has 1 atom stereocenters. The molecule has 2 heteroatoms. The third-order valence-corrected chi connectivity index (χ3v) is 1.60. The predicted molar refractivity (Wildman–Crippen MR) is 51.5 cm³/mol. The van der Waals surface area contributed by atoms with E-state index in [9.17, 15) is 0 Å². The normalized spacial score (nSPS) is 10.3. The Kier molecular flexibility index (Phi) is 3.42. The van der Waals surface area contributed by atoms with Gasteiger partial charge in [0.25, 0.3) is 0 Å². The number of hydrogen-bond acceptors (Lipinski definition) is 1. The van der Waals surface area contributed by atoms with Gasteiger partial charge in [-0.05, 0) is 37.1 Å². The number of hydrogen-bond donors (Lipinski definition) is 0. The Balaban J connectivity index is 2.48. The lowest BCUT2D eigenvalue weighted by Gasteiger charge is -2.07. The Labute approximate surface area is 78.3 Å². The first-order valence-electron chi connectivity index (χ1n) is 3.90. The van der Waals surface area contributed by atoms with E-state index in [-0.39, 0.29) is 0 Å². The number of ether oxygens (including phenoxy) is 1. The fraction of sp³-hybridized carbons (Fsp3) is 0.300. The van der Waals surface area contributed by atoms with Crippen LogP contribution in [0.15, 0.2) is 24.3 Å². The molecule has 0 saturated carbocycles. The van der Waals surface area contributed by atoms with Crippen molar-refractivity contribution in [1.29, 1.82) is 0 Å². The zero-order valence-electron chi connectivity index (χ0n) is 7.09. The highest BCUT2D eigenvalue weighted by Crippen LogP contribution is 2.15. The molecule has 1 aromatic rings. The van der Waals surface area contributed by atoms with Gasteiger partial charge in [-0.2, -0.15) is 0 Å². The van der Waals surface area contributed by atoms with E-state index in [0.717, 1.165) is 10.8 Å². The van der Waals surface area contributed by atoms with Gasteiger partial charge in [0.2, 0.25) is 0 Å². The molecule has 0 aromatic heterocycles. The first kappa shape index (κ1) is 9.40. The molecule has 0 saturated heterocycles. The molecule has 0 spiro atoms. The highest BCUT2D eigenvalue weighted by Gasteiger charge is 1.96. The molecule has 1 rings (SSSR count). The average molecular weight is 184 g/mol. The second-order valence-electron chi connectivity index (χ2n) is 2.87. The van der Waals surface area contributed by atoms with Crippen molar-refractivity contribution in [2.75, 3.05) is 6.61 Å². The average Bonchev–Trinajstić information content (AvgIpc) is 2.03. The van der Waals surface area contributed by atoms with E-state index in [0.29, 0.717) is 12.5 Å². The predicted octanol–water partition coefficient (Wildman–Crippen LogP) is 3.19. The summed E-state index contributed by atoms with van der Waals surface area (Å²) in [6.45, 7) is 6.47. The lowest BCUT2D eigenvalue weighted by molar-refractivity contribution is 0.284. The molecule has 0 fully saturated rings. The maximum absolute atomic E-state index is 5.71. The van der Waals surface area contributed by atoms with Crippen molar-refractivity contribution in [3.05, 3.63) is 36.2 Å². The van der Waals surface area contributed by atoms with Gasteiger partial charge >= 0.3 is 0 Å². The van der Waals surface area contributed by atoms with Crippen LogP contribution in [0.4, 0.5) is 0 Å². The summed E-state index contributed by atoms with van der Waals surface area (Å²) >= 11 is 5.71. The second kappa shape index (κ2) is 4.36. The van der Waals surface area contributed by atoms with Crippen LogP contribution in [0.3, 0.4) is 0 Å². The van der Waals surface area contributed by atoms with Crippen molar-refractivity contribution in [3.8, 4) is 5.75 Å². The molecule has 0 aliphatic carbocycles. The minimum Gasteiger partial charge on any atom is -0.493 e. The van der Waals surface area contributed by atoms with Gasteiger partial charge in [-0.15, -0.1) is 0 Å². The van der Waals surface area contributed by atoms with Crippen molar-refractivity contribution in [2.24, 2.45) is 5.92 Å². The molecular weight excluding hydrogens is 172 g/mol. The summed E-state index contributed by atoms with van der Waals surface area (Å²) < 4.78 is 5.40. The number of halogens is 1. The SMILES string of the molecule is [CH2]C(C)COc1ccc(Cl)cc1. The molecule has 0 aliphatic rings. The van der Waals surface area contributed by atoms with E-state index in [1.165, 1.54) is 0 Å². The summed E-state index contributed by atoms with van der Waals surface area (Å²) in [5.74, 6) is 1.15. The van der Waals surface area contributed by atoms with Crippen LogP contribution >= 0.6 is 11.6 Å². The molecule has 0 aliphatic heterocycles. The first-order valence-corrected chi connectivity index (χ1v) is 4.27. The van der Waals surface area contributed by atoms with E-state index in [2.05, 4.69) is 6.92 Å². The van der Waals surface area contributed by atoms with Gasteiger partial charge in [-0.25, -0.2) is 0 Å². The summed E-state index contributed by atoms with van der Waals surface area (Å²) in [6, 6.07) is 7.32. The monoisotopic (exact) mass is 183 g/mol. The van der Waals surface area contributed by atoms with Crippen LogP contribution in [0.25, 0.3) is 0 Å². The Morgan fingerprint density at radius 2 is 2.00 bits per heavy atom. The molecule has 1 unspecified atom stereocenters. The molecule has 0 bridgehead atoms. The molecular formula is C10H12ClO. The smallest absolute Gasteiger partial charge is 0.119 e. The summed E-state index contributed by atoms with van der Waals surface area (Å²) in [7, 11) is 0. The van der Waals surface area contributed by atoms with Crippen molar-refractivity contribution in [3.63, 3.8) is 0 Å². The van der Waals surface area contributed by atoms with Crippen molar-refractivity contribution in [1.82, 2.24) is 0 Å². The van der Waals surface area contributed by atoms with E-state index in [1.54, 1.807) is 0 Å². The first-order chi connectivity index (χ1) is 5.68. The fourth-order valence-corrected chi connectivity index (χ4v) is 0.895. The van der Waals surface area contributed by atoms with Gasteiger partial charge in [0.05, 0.1) is 6.61 Å². The third-order valence-electron chi connectivity index (χ3n) is 1.35. The topological polar surface area (TPSA) is 9.23 Å². The largest absolute Gasteiger partial charge is 0.493 e. The van der Waals surface area contributed by atoms with Crippen LogP contribution < -0.4 is 4.74 Å².